The molecule has 110 valence electrons. The zero-order valence-corrected chi connectivity index (χ0v) is 12.4. The number of anilines is 1. The number of rotatable bonds is 4. The van der Waals surface area contributed by atoms with Crippen molar-refractivity contribution in [1.29, 1.82) is 0 Å². The number of carbonyl (C=O) groups excluding carboxylic acids is 1. The van der Waals surface area contributed by atoms with Gasteiger partial charge >= 0.3 is 0 Å². The van der Waals surface area contributed by atoms with Crippen molar-refractivity contribution >= 4 is 23.3 Å². The van der Waals surface area contributed by atoms with Crippen LogP contribution in [0.1, 0.15) is 28.9 Å². The van der Waals surface area contributed by atoms with Crippen molar-refractivity contribution in [3.63, 3.8) is 0 Å². The topological polar surface area (TPSA) is 54.0 Å². The summed E-state index contributed by atoms with van der Waals surface area (Å²) in [4.78, 5) is 16.3. The fourth-order valence-corrected chi connectivity index (χ4v) is 2.12. The van der Waals surface area contributed by atoms with Gasteiger partial charge in [-0.3, -0.25) is 4.79 Å². The SMILES string of the molecule is CNc1cc(C(=O)NC(C)c2ccccc2F)c(Cl)cn1. The molecule has 0 aliphatic heterocycles. The summed E-state index contributed by atoms with van der Waals surface area (Å²) in [5, 5.41) is 5.80. The maximum absolute atomic E-state index is 13.7. The van der Waals surface area contributed by atoms with Gasteiger partial charge in [-0.15, -0.1) is 0 Å². The van der Waals surface area contributed by atoms with Crippen LogP contribution in [-0.2, 0) is 0 Å². The van der Waals surface area contributed by atoms with Crippen LogP contribution in [0.2, 0.25) is 5.02 Å². The predicted molar refractivity (Wildman–Crippen MR) is 81.1 cm³/mol. The van der Waals surface area contributed by atoms with Crippen LogP contribution in [0.3, 0.4) is 0 Å². The van der Waals surface area contributed by atoms with Crippen LogP contribution in [0.5, 0.6) is 0 Å². The number of hydrogen-bond donors (Lipinski definition) is 2. The Kier molecular flexibility index (Phi) is 4.75. The summed E-state index contributed by atoms with van der Waals surface area (Å²) < 4.78 is 13.7. The second-order valence-corrected chi connectivity index (χ2v) is 4.92. The molecule has 0 spiro atoms. The summed E-state index contributed by atoms with van der Waals surface area (Å²) in [6.07, 6.45) is 1.40. The van der Waals surface area contributed by atoms with Crippen LogP contribution in [-0.4, -0.2) is 17.9 Å². The van der Waals surface area contributed by atoms with Gasteiger partial charge in [0.1, 0.15) is 11.6 Å². The second kappa shape index (κ2) is 6.54. The van der Waals surface area contributed by atoms with Crippen LogP contribution < -0.4 is 10.6 Å². The fourth-order valence-electron chi connectivity index (χ4n) is 1.93. The molecule has 2 N–H and O–H groups in total. The Morgan fingerprint density at radius 3 is 2.76 bits per heavy atom. The van der Waals surface area contributed by atoms with Crippen LogP contribution in [0.15, 0.2) is 36.5 Å². The lowest BCUT2D eigenvalue weighted by Crippen LogP contribution is -2.27. The number of carbonyl (C=O) groups is 1. The first-order valence-electron chi connectivity index (χ1n) is 6.41. The highest BCUT2D eigenvalue weighted by atomic mass is 35.5. The van der Waals surface area contributed by atoms with Crippen molar-refractivity contribution in [2.24, 2.45) is 0 Å². The molecule has 6 heteroatoms. The second-order valence-electron chi connectivity index (χ2n) is 4.52. The lowest BCUT2D eigenvalue weighted by atomic mass is 10.1. The lowest BCUT2D eigenvalue weighted by molar-refractivity contribution is 0.0939. The first-order valence-corrected chi connectivity index (χ1v) is 6.79. The highest BCUT2D eigenvalue weighted by Crippen LogP contribution is 2.20. The zero-order valence-electron chi connectivity index (χ0n) is 11.7. The Bertz CT molecular complexity index is 663. The molecule has 0 aliphatic carbocycles. The van der Waals surface area contributed by atoms with Crippen LogP contribution in [0, 0.1) is 5.82 Å². The Morgan fingerprint density at radius 1 is 1.38 bits per heavy atom. The molecule has 1 atom stereocenters. The van der Waals surface area contributed by atoms with Gasteiger partial charge < -0.3 is 10.6 Å². The third kappa shape index (κ3) is 3.49. The third-order valence-corrected chi connectivity index (χ3v) is 3.38. The largest absolute Gasteiger partial charge is 0.373 e. The first-order chi connectivity index (χ1) is 10.0. The van der Waals surface area contributed by atoms with Gasteiger partial charge in [-0.1, -0.05) is 29.8 Å². The van der Waals surface area contributed by atoms with E-state index in [-0.39, 0.29) is 16.7 Å². The van der Waals surface area contributed by atoms with Crippen molar-refractivity contribution in [2.45, 2.75) is 13.0 Å². The molecule has 1 aromatic heterocycles. The monoisotopic (exact) mass is 307 g/mol. The summed E-state index contributed by atoms with van der Waals surface area (Å²) in [6.45, 7) is 1.71. The van der Waals surface area contributed by atoms with Gasteiger partial charge in [0.2, 0.25) is 0 Å². The Hall–Kier alpha value is -2.14. The van der Waals surface area contributed by atoms with E-state index < -0.39 is 6.04 Å². The first kappa shape index (κ1) is 15.3. The number of amides is 1. The van der Waals surface area contributed by atoms with Gasteiger partial charge in [-0.05, 0) is 19.1 Å². The number of pyridine rings is 1. The van der Waals surface area contributed by atoms with E-state index in [1.807, 2.05) is 0 Å². The van der Waals surface area contributed by atoms with Gasteiger partial charge in [0.15, 0.2) is 0 Å². The van der Waals surface area contributed by atoms with Gasteiger partial charge in [-0.25, -0.2) is 9.37 Å². The molecule has 0 radical (unpaired) electrons. The molecule has 21 heavy (non-hydrogen) atoms. The van der Waals surface area contributed by atoms with E-state index in [1.165, 1.54) is 12.3 Å². The molecule has 0 saturated carbocycles. The van der Waals surface area contributed by atoms with Gasteiger partial charge in [0.25, 0.3) is 5.91 Å². The zero-order chi connectivity index (χ0) is 15.4. The van der Waals surface area contributed by atoms with E-state index >= 15 is 0 Å². The van der Waals surface area contributed by atoms with E-state index in [2.05, 4.69) is 15.6 Å². The smallest absolute Gasteiger partial charge is 0.253 e. The molecule has 1 aromatic carbocycles. The number of nitrogens with one attached hydrogen (secondary N) is 2. The molecule has 4 nitrogen and oxygen atoms in total. The van der Waals surface area contributed by atoms with Crippen LogP contribution >= 0.6 is 11.6 Å². The molecule has 0 fully saturated rings. The summed E-state index contributed by atoms with van der Waals surface area (Å²) in [6, 6.07) is 7.39. The molecular formula is C15H15ClFN3O. The molecule has 0 saturated heterocycles. The number of aromatic nitrogens is 1. The van der Waals surface area contributed by atoms with E-state index in [1.54, 1.807) is 38.2 Å². The number of nitrogens with zero attached hydrogens (tertiary/aromatic N) is 1. The predicted octanol–water partition coefficient (Wildman–Crippen LogP) is 3.41. The minimum atomic E-state index is -0.471. The third-order valence-electron chi connectivity index (χ3n) is 3.08. The average molecular weight is 308 g/mol. The average Bonchev–Trinajstić information content (AvgIpc) is 2.48. The Morgan fingerprint density at radius 2 is 2.10 bits per heavy atom. The molecule has 1 unspecified atom stereocenters. The Labute approximate surface area is 127 Å². The number of halogens is 2. The summed E-state index contributed by atoms with van der Waals surface area (Å²) in [7, 11) is 1.69. The molecule has 2 aromatic rings. The van der Waals surface area contributed by atoms with E-state index in [9.17, 15) is 9.18 Å². The minimum Gasteiger partial charge on any atom is -0.373 e. The maximum Gasteiger partial charge on any atom is 0.253 e. The van der Waals surface area contributed by atoms with E-state index in [0.717, 1.165) is 0 Å². The van der Waals surface area contributed by atoms with E-state index in [0.29, 0.717) is 16.9 Å². The molecule has 0 aliphatic rings. The molecule has 0 bridgehead atoms. The van der Waals surface area contributed by atoms with Crippen molar-refractivity contribution in [1.82, 2.24) is 10.3 Å². The summed E-state index contributed by atoms with van der Waals surface area (Å²) in [5.74, 6) is -0.209. The molecular weight excluding hydrogens is 293 g/mol. The van der Waals surface area contributed by atoms with Crippen LogP contribution in [0.25, 0.3) is 0 Å². The van der Waals surface area contributed by atoms with Crippen molar-refractivity contribution in [3.8, 4) is 0 Å². The standard InChI is InChI=1S/C15H15ClFN3O/c1-9(10-5-3-4-6-13(10)17)20-15(21)11-7-14(18-2)19-8-12(11)16/h3-9H,1-2H3,(H,18,19)(H,20,21). The Balaban J connectivity index is 2.20. The fraction of sp³-hybridized carbons (Fsp3) is 0.200. The molecule has 2 rings (SSSR count). The van der Waals surface area contributed by atoms with E-state index in [4.69, 9.17) is 11.6 Å². The highest BCUT2D eigenvalue weighted by molar-refractivity contribution is 6.33. The normalized spacial score (nSPS) is 11.8. The van der Waals surface area contributed by atoms with Crippen molar-refractivity contribution < 1.29 is 9.18 Å². The quantitative estimate of drug-likeness (QED) is 0.910. The minimum absolute atomic E-state index is 0.243. The molecule has 1 amide bonds. The maximum atomic E-state index is 13.7. The van der Waals surface area contributed by atoms with Crippen LogP contribution in [0.4, 0.5) is 10.2 Å². The van der Waals surface area contributed by atoms with Crippen molar-refractivity contribution in [2.75, 3.05) is 12.4 Å². The highest BCUT2D eigenvalue weighted by Gasteiger charge is 2.17. The molecule has 1 heterocycles. The number of benzene rings is 1. The summed E-state index contributed by atoms with van der Waals surface area (Å²) >= 11 is 5.98. The number of hydrogen-bond acceptors (Lipinski definition) is 3. The lowest BCUT2D eigenvalue weighted by Gasteiger charge is -2.16. The van der Waals surface area contributed by atoms with Gasteiger partial charge in [0.05, 0.1) is 16.6 Å². The van der Waals surface area contributed by atoms with Gasteiger partial charge in [-0.2, -0.15) is 0 Å². The van der Waals surface area contributed by atoms with Crippen molar-refractivity contribution in [3.05, 3.63) is 58.5 Å². The summed E-state index contributed by atoms with van der Waals surface area (Å²) in [5.41, 5.74) is 0.712. The van der Waals surface area contributed by atoms with Gasteiger partial charge in [0, 0.05) is 18.8 Å².